The second-order valence-electron chi connectivity index (χ2n) is 5.39. The smallest absolute Gasteiger partial charge is 0.227 e. The first-order valence-electron chi connectivity index (χ1n) is 7.43. The van der Waals surface area contributed by atoms with Crippen LogP contribution in [0.2, 0.25) is 0 Å². The van der Waals surface area contributed by atoms with Gasteiger partial charge in [0.05, 0.1) is 12.5 Å². The van der Waals surface area contributed by atoms with E-state index in [0.717, 1.165) is 50.2 Å². The van der Waals surface area contributed by atoms with E-state index in [1.165, 1.54) is 0 Å². The molecular formula is C16H24N2O2. The summed E-state index contributed by atoms with van der Waals surface area (Å²) in [6.07, 6.45) is 3.77. The first kappa shape index (κ1) is 14.9. The number of likely N-dealkylation sites (tertiary alicyclic amines) is 1. The van der Waals surface area contributed by atoms with Crippen molar-refractivity contribution in [2.75, 3.05) is 25.4 Å². The van der Waals surface area contributed by atoms with Crippen LogP contribution in [0.3, 0.4) is 0 Å². The summed E-state index contributed by atoms with van der Waals surface area (Å²) in [4.78, 5) is 14.2. The van der Waals surface area contributed by atoms with Gasteiger partial charge in [0, 0.05) is 25.4 Å². The van der Waals surface area contributed by atoms with Crippen molar-refractivity contribution >= 4 is 11.6 Å². The summed E-state index contributed by atoms with van der Waals surface area (Å²) in [5, 5.41) is 0. The van der Waals surface area contributed by atoms with Gasteiger partial charge in [-0.1, -0.05) is 19.1 Å². The van der Waals surface area contributed by atoms with Gasteiger partial charge in [-0.15, -0.1) is 0 Å². The van der Waals surface area contributed by atoms with Gasteiger partial charge in [-0.3, -0.25) is 4.79 Å². The highest BCUT2D eigenvalue weighted by Crippen LogP contribution is 2.15. The van der Waals surface area contributed by atoms with E-state index in [9.17, 15) is 4.79 Å². The van der Waals surface area contributed by atoms with Crippen LogP contribution < -0.4 is 5.73 Å². The molecule has 0 aliphatic carbocycles. The fourth-order valence-corrected chi connectivity index (χ4v) is 2.51. The minimum Gasteiger partial charge on any atom is -0.399 e. The molecule has 0 saturated carbocycles. The van der Waals surface area contributed by atoms with E-state index in [0.29, 0.717) is 6.42 Å². The van der Waals surface area contributed by atoms with Crippen LogP contribution in [0.25, 0.3) is 0 Å². The van der Waals surface area contributed by atoms with Crippen LogP contribution >= 0.6 is 0 Å². The number of nitrogen functional groups attached to an aromatic ring is 1. The zero-order valence-corrected chi connectivity index (χ0v) is 12.2. The molecular weight excluding hydrogens is 252 g/mol. The number of carbonyl (C=O) groups is 1. The second kappa shape index (κ2) is 7.29. The van der Waals surface area contributed by atoms with Crippen molar-refractivity contribution in [2.24, 2.45) is 0 Å². The van der Waals surface area contributed by atoms with Crippen LogP contribution in [0.1, 0.15) is 31.7 Å². The van der Waals surface area contributed by atoms with Gasteiger partial charge in [0.15, 0.2) is 0 Å². The summed E-state index contributed by atoms with van der Waals surface area (Å²) in [6, 6.07) is 7.52. The number of nitrogens with two attached hydrogens (primary N) is 1. The number of nitrogens with zero attached hydrogens (tertiary/aromatic N) is 1. The topological polar surface area (TPSA) is 55.6 Å². The average Bonchev–Trinajstić information content (AvgIpc) is 2.48. The lowest BCUT2D eigenvalue weighted by Crippen LogP contribution is -2.44. The molecule has 4 heteroatoms. The van der Waals surface area contributed by atoms with Crippen LogP contribution in [0.4, 0.5) is 5.69 Å². The highest BCUT2D eigenvalue weighted by molar-refractivity contribution is 5.79. The predicted octanol–water partition coefficient (Wildman–Crippen LogP) is 2.23. The van der Waals surface area contributed by atoms with Crippen molar-refractivity contribution in [3.63, 3.8) is 0 Å². The standard InChI is InChI=1S/C16H24N2O2/c1-2-10-20-15-4-3-9-18(12-15)16(19)11-13-5-7-14(17)8-6-13/h5-8,15H,2-4,9-12,17H2,1H3. The maximum absolute atomic E-state index is 12.3. The number of carbonyl (C=O) groups excluding carboxylic acids is 1. The molecule has 1 aromatic rings. The molecule has 1 fully saturated rings. The van der Waals surface area contributed by atoms with Crippen LogP contribution in [-0.4, -0.2) is 36.6 Å². The molecule has 20 heavy (non-hydrogen) atoms. The van der Waals surface area contributed by atoms with Crippen molar-refractivity contribution in [3.05, 3.63) is 29.8 Å². The first-order valence-corrected chi connectivity index (χ1v) is 7.43. The third-order valence-electron chi connectivity index (χ3n) is 3.62. The molecule has 1 unspecified atom stereocenters. The van der Waals surface area contributed by atoms with E-state index in [2.05, 4.69) is 6.92 Å². The summed E-state index contributed by atoms with van der Waals surface area (Å²) in [5.74, 6) is 0.180. The Balaban J connectivity index is 1.86. The normalized spacial score (nSPS) is 19.1. The average molecular weight is 276 g/mol. The minimum absolute atomic E-state index is 0.180. The SMILES string of the molecule is CCCOC1CCCN(C(=O)Cc2ccc(N)cc2)C1. The number of hydrogen-bond acceptors (Lipinski definition) is 3. The van der Waals surface area contributed by atoms with Crippen LogP contribution in [0.15, 0.2) is 24.3 Å². The molecule has 1 amide bonds. The lowest BCUT2D eigenvalue weighted by Gasteiger charge is -2.32. The van der Waals surface area contributed by atoms with Gasteiger partial charge in [-0.05, 0) is 37.0 Å². The number of rotatable bonds is 5. The number of hydrogen-bond donors (Lipinski definition) is 1. The predicted molar refractivity (Wildman–Crippen MR) is 80.4 cm³/mol. The maximum atomic E-state index is 12.3. The number of ether oxygens (including phenoxy) is 1. The van der Waals surface area contributed by atoms with Crippen LogP contribution in [-0.2, 0) is 16.0 Å². The van der Waals surface area contributed by atoms with E-state index in [-0.39, 0.29) is 12.0 Å². The first-order chi connectivity index (χ1) is 9.69. The Morgan fingerprint density at radius 3 is 2.85 bits per heavy atom. The zero-order valence-electron chi connectivity index (χ0n) is 12.2. The largest absolute Gasteiger partial charge is 0.399 e. The van der Waals surface area contributed by atoms with Crippen LogP contribution in [0.5, 0.6) is 0 Å². The monoisotopic (exact) mass is 276 g/mol. The summed E-state index contributed by atoms with van der Waals surface area (Å²) in [7, 11) is 0. The van der Waals surface area contributed by atoms with Crippen molar-refractivity contribution in [3.8, 4) is 0 Å². The van der Waals surface area contributed by atoms with E-state index in [4.69, 9.17) is 10.5 Å². The molecule has 0 aromatic heterocycles. The fraction of sp³-hybridized carbons (Fsp3) is 0.562. The Kier molecular flexibility index (Phi) is 5.41. The fourth-order valence-electron chi connectivity index (χ4n) is 2.51. The Labute approximate surface area is 120 Å². The van der Waals surface area contributed by atoms with Crippen LogP contribution in [0, 0.1) is 0 Å². The van der Waals surface area contributed by atoms with Gasteiger partial charge >= 0.3 is 0 Å². The Hall–Kier alpha value is -1.55. The van der Waals surface area contributed by atoms with Gasteiger partial charge in [0.2, 0.25) is 5.91 Å². The van der Waals surface area contributed by atoms with E-state index in [1.54, 1.807) is 0 Å². The van der Waals surface area contributed by atoms with E-state index >= 15 is 0 Å². The Bertz CT molecular complexity index is 431. The molecule has 4 nitrogen and oxygen atoms in total. The molecule has 1 saturated heterocycles. The Morgan fingerprint density at radius 1 is 1.40 bits per heavy atom. The highest BCUT2D eigenvalue weighted by Gasteiger charge is 2.23. The minimum atomic E-state index is 0.180. The number of piperidine rings is 1. The lowest BCUT2D eigenvalue weighted by atomic mass is 10.1. The van der Waals surface area contributed by atoms with Crippen molar-refractivity contribution in [1.29, 1.82) is 0 Å². The zero-order chi connectivity index (χ0) is 14.4. The molecule has 1 atom stereocenters. The lowest BCUT2D eigenvalue weighted by molar-refractivity contribution is -0.134. The number of benzene rings is 1. The molecule has 1 aromatic carbocycles. The summed E-state index contributed by atoms with van der Waals surface area (Å²) < 4.78 is 5.77. The van der Waals surface area contributed by atoms with Crippen molar-refractivity contribution in [2.45, 2.75) is 38.7 Å². The summed E-state index contributed by atoms with van der Waals surface area (Å²) in [6.45, 7) is 4.46. The molecule has 1 aliphatic heterocycles. The molecule has 1 aliphatic rings. The number of amides is 1. The third-order valence-corrected chi connectivity index (χ3v) is 3.62. The van der Waals surface area contributed by atoms with Gasteiger partial charge in [0.25, 0.3) is 0 Å². The Morgan fingerprint density at radius 2 is 2.15 bits per heavy atom. The summed E-state index contributed by atoms with van der Waals surface area (Å²) >= 11 is 0. The molecule has 2 rings (SSSR count). The van der Waals surface area contributed by atoms with E-state index in [1.807, 2.05) is 29.2 Å². The second-order valence-corrected chi connectivity index (χ2v) is 5.39. The quantitative estimate of drug-likeness (QED) is 0.839. The van der Waals surface area contributed by atoms with Gasteiger partial charge < -0.3 is 15.4 Å². The van der Waals surface area contributed by atoms with E-state index < -0.39 is 0 Å². The van der Waals surface area contributed by atoms with Crippen molar-refractivity contribution < 1.29 is 9.53 Å². The van der Waals surface area contributed by atoms with Gasteiger partial charge in [-0.2, -0.15) is 0 Å². The van der Waals surface area contributed by atoms with Gasteiger partial charge in [0.1, 0.15) is 0 Å². The van der Waals surface area contributed by atoms with Crippen molar-refractivity contribution in [1.82, 2.24) is 4.90 Å². The molecule has 0 spiro atoms. The molecule has 0 radical (unpaired) electrons. The molecule has 0 bridgehead atoms. The van der Waals surface area contributed by atoms with Gasteiger partial charge in [-0.25, -0.2) is 0 Å². The molecule has 2 N–H and O–H groups in total. The maximum Gasteiger partial charge on any atom is 0.227 e. The number of anilines is 1. The molecule has 110 valence electrons. The third kappa shape index (κ3) is 4.23. The summed E-state index contributed by atoms with van der Waals surface area (Å²) in [5.41, 5.74) is 7.40. The molecule has 1 heterocycles. The highest BCUT2D eigenvalue weighted by atomic mass is 16.5.